The number of H-pyrrole nitrogens is 1. The van der Waals surface area contributed by atoms with Crippen molar-refractivity contribution in [3.63, 3.8) is 0 Å². The van der Waals surface area contributed by atoms with E-state index in [2.05, 4.69) is 20.5 Å². The molecule has 0 atom stereocenters. The second kappa shape index (κ2) is 7.08. The van der Waals surface area contributed by atoms with Crippen LogP contribution in [0.2, 0.25) is 0 Å². The van der Waals surface area contributed by atoms with Crippen molar-refractivity contribution >= 4 is 34.1 Å². The van der Waals surface area contributed by atoms with Crippen molar-refractivity contribution in [3.05, 3.63) is 77.0 Å². The summed E-state index contributed by atoms with van der Waals surface area (Å²) in [6.45, 7) is 0. The number of hydrogen-bond acceptors (Lipinski definition) is 5. The monoisotopic (exact) mass is 377 g/mol. The smallest absolute Gasteiger partial charge is 0.272 e. The number of carbonyl (C=O) groups excluding carboxylic acids is 1. The van der Waals surface area contributed by atoms with Gasteiger partial charge in [0.05, 0.1) is 0 Å². The first kappa shape index (κ1) is 17.0. The molecule has 0 bridgehead atoms. The molecule has 0 aliphatic carbocycles. The van der Waals surface area contributed by atoms with Gasteiger partial charge in [-0.3, -0.25) is 9.59 Å². The van der Waals surface area contributed by atoms with Crippen molar-refractivity contribution in [1.29, 1.82) is 0 Å². The van der Waals surface area contributed by atoms with Gasteiger partial charge in [0.25, 0.3) is 11.5 Å². The highest BCUT2D eigenvalue weighted by Crippen LogP contribution is 2.26. The molecule has 4 aromatic rings. The Hall–Kier alpha value is -3.39. The number of anilines is 1. The second-order valence-electron chi connectivity index (χ2n) is 5.90. The lowest BCUT2D eigenvalue weighted by Crippen LogP contribution is -2.18. The van der Waals surface area contributed by atoms with E-state index in [1.807, 2.05) is 29.8 Å². The largest absolute Gasteiger partial charge is 0.321 e. The van der Waals surface area contributed by atoms with Crippen LogP contribution in [-0.2, 0) is 7.05 Å². The molecule has 134 valence electrons. The molecule has 0 saturated heterocycles. The molecule has 2 aromatic carbocycles. The fraction of sp³-hybridized carbons (Fsp3) is 0.0526. The summed E-state index contributed by atoms with van der Waals surface area (Å²) in [6, 6.07) is 16.2. The molecule has 4 rings (SSSR count). The van der Waals surface area contributed by atoms with Gasteiger partial charge in [0.2, 0.25) is 0 Å². The molecule has 2 N–H and O–H groups in total. The molecule has 27 heavy (non-hydrogen) atoms. The van der Waals surface area contributed by atoms with Crippen LogP contribution >= 0.6 is 11.8 Å². The maximum absolute atomic E-state index is 12.5. The zero-order valence-corrected chi connectivity index (χ0v) is 15.2. The Balaban J connectivity index is 1.51. The molecular weight excluding hydrogens is 362 g/mol. The van der Waals surface area contributed by atoms with Crippen molar-refractivity contribution in [1.82, 2.24) is 19.7 Å². The molecule has 0 spiro atoms. The number of nitrogens with zero attached hydrogens (tertiary/aromatic N) is 3. The van der Waals surface area contributed by atoms with Crippen LogP contribution in [0.25, 0.3) is 10.8 Å². The molecule has 0 saturated carbocycles. The van der Waals surface area contributed by atoms with Crippen LogP contribution < -0.4 is 10.9 Å². The van der Waals surface area contributed by atoms with Gasteiger partial charge in [-0.2, -0.15) is 0 Å². The summed E-state index contributed by atoms with van der Waals surface area (Å²) in [5.41, 5.74) is 0.571. The highest BCUT2D eigenvalue weighted by atomic mass is 32.2. The molecule has 0 radical (unpaired) electrons. The first-order valence-electron chi connectivity index (χ1n) is 8.15. The van der Waals surface area contributed by atoms with Gasteiger partial charge in [0.15, 0.2) is 5.16 Å². The lowest BCUT2D eigenvalue weighted by molar-refractivity contribution is 0.102. The van der Waals surface area contributed by atoms with Crippen molar-refractivity contribution in [2.45, 2.75) is 10.1 Å². The van der Waals surface area contributed by atoms with Gasteiger partial charge in [-0.05, 0) is 53.5 Å². The molecule has 0 aliphatic rings. The molecule has 0 fully saturated rings. The SMILES string of the molecule is Cn1cnnc1Sc1ccc(NC(=O)c2cc3ccccc3c(=O)[nH]2)cc1. The molecule has 0 unspecified atom stereocenters. The predicted molar refractivity (Wildman–Crippen MR) is 104 cm³/mol. The van der Waals surface area contributed by atoms with Gasteiger partial charge >= 0.3 is 0 Å². The second-order valence-corrected chi connectivity index (χ2v) is 6.95. The average Bonchev–Trinajstić information content (AvgIpc) is 3.08. The van der Waals surface area contributed by atoms with E-state index >= 15 is 0 Å². The van der Waals surface area contributed by atoms with Crippen LogP contribution in [0.3, 0.4) is 0 Å². The van der Waals surface area contributed by atoms with Crippen molar-refractivity contribution < 1.29 is 4.79 Å². The van der Waals surface area contributed by atoms with Crippen LogP contribution in [0.4, 0.5) is 5.69 Å². The summed E-state index contributed by atoms with van der Waals surface area (Å²) in [5, 5.41) is 12.7. The topological polar surface area (TPSA) is 92.7 Å². The lowest BCUT2D eigenvalue weighted by Gasteiger charge is -2.07. The molecule has 2 heterocycles. The summed E-state index contributed by atoms with van der Waals surface area (Å²) in [6.07, 6.45) is 1.64. The number of fused-ring (bicyclic) bond motifs is 1. The summed E-state index contributed by atoms with van der Waals surface area (Å²) in [4.78, 5) is 28.2. The minimum Gasteiger partial charge on any atom is -0.321 e. The summed E-state index contributed by atoms with van der Waals surface area (Å²) < 4.78 is 1.83. The summed E-state index contributed by atoms with van der Waals surface area (Å²) in [5.74, 6) is -0.369. The Morgan fingerprint density at radius 1 is 1.15 bits per heavy atom. The van der Waals surface area contributed by atoms with Gasteiger partial charge in [-0.1, -0.05) is 18.2 Å². The Bertz CT molecular complexity index is 1180. The number of hydrogen-bond donors (Lipinski definition) is 2. The number of benzene rings is 2. The van der Waals surface area contributed by atoms with Gasteiger partial charge in [0, 0.05) is 23.0 Å². The van der Waals surface area contributed by atoms with E-state index in [9.17, 15) is 9.59 Å². The number of aromatic amines is 1. The highest BCUT2D eigenvalue weighted by molar-refractivity contribution is 7.99. The molecule has 8 heteroatoms. The fourth-order valence-corrected chi connectivity index (χ4v) is 3.37. The minimum atomic E-state index is -0.369. The number of pyridine rings is 1. The quantitative estimate of drug-likeness (QED) is 0.570. The zero-order valence-electron chi connectivity index (χ0n) is 14.3. The first-order valence-corrected chi connectivity index (χ1v) is 8.97. The van der Waals surface area contributed by atoms with E-state index < -0.39 is 0 Å². The number of aryl methyl sites for hydroxylation is 1. The van der Waals surface area contributed by atoms with E-state index in [0.717, 1.165) is 15.4 Å². The van der Waals surface area contributed by atoms with Crippen LogP contribution in [0, 0.1) is 0 Å². The number of aromatic nitrogens is 4. The van der Waals surface area contributed by atoms with Crippen LogP contribution in [0.5, 0.6) is 0 Å². The van der Waals surface area contributed by atoms with E-state index in [0.29, 0.717) is 11.1 Å². The third-order valence-corrected chi connectivity index (χ3v) is 5.05. The first-order chi connectivity index (χ1) is 13.1. The number of carbonyl (C=O) groups is 1. The Labute approximate surface area is 158 Å². The van der Waals surface area contributed by atoms with Crippen LogP contribution in [0.1, 0.15) is 10.5 Å². The third-order valence-electron chi connectivity index (χ3n) is 3.99. The predicted octanol–water partition coefficient (Wildman–Crippen LogP) is 3.06. The summed E-state index contributed by atoms with van der Waals surface area (Å²) >= 11 is 1.48. The van der Waals surface area contributed by atoms with Crippen molar-refractivity contribution in [2.75, 3.05) is 5.32 Å². The fourth-order valence-electron chi connectivity index (χ4n) is 2.61. The Morgan fingerprint density at radius 2 is 1.93 bits per heavy atom. The maximum atomic E-state index is 12.5. The average molecular weight is 377 g/mol. The lowest BCUT2D eigenvalue weighted by atomic mass is 10.1. The van der Waals surface area contributed by atoms with Crippen LogP contribution in [0.15, 0.2) is 75.8 Å². The molecular formula is C19H15N5O2S. The van der Waals surface area contributed by atoms with E-state index in [1.54, 1.807) is 42.7 Å². The minimum absolute atomic E-state index is 0.219. The Kier molecular flexibility index (Phi) is 4.47. The number of amides is 1. The van der Waals surface area contributed by atoms with Gasteiger partial charge < -0.3 is 14.9 Å². The normalized spacial score (nSPS) is 10.9. The molecule has 1 amide bonds. The number of rotatable bonds is 4. The van der Waals surface area contributed by atoms with Crippen LogP contribution in [-0.4, -0.2) is 25.7 Å². The van der Waals surface area contributed by atoms with Gasteiger partial charge in [-0.15, -0.1) is 10.2 Å². The van der Waals surface area contributed by atoms with E-state index in [-0.39, 0.29) is 17.2 Å². The van der Waals surface area contributed by atoms with E-state index in [1.165, 1.54) is 11.8 Å². The van der Waals surface area contributed by atoms with Gasteiger partial charge in [0.1, 0.15) is 12.0 Å². The summed E-state index contributed by atoms with van der Waals surface area (Å²) in [7, 11) is 1.88. The number of nitrogens with one attached hydrogen (secondary N) is 2. The highest BCUT2D eigenvalue weighted by Gasteiger charge is 2.10. The molecule has 7 nitrogen and oxygen atoms in total. The molecule has 0 aliphatic heterocycles. The Morgan fingerprint density at radius 3 is 2.67 bits per heavy atom. The zero-order chi connectivity index (χ0) is 18.8. The maximum Gasteiger partial charge on any atom is 0.272 e. The molecule has 2 aromatic heterocycles. The van der Waals surface area contributed by atoms with Crippen molar-refractivity contribution in [3.8, 4) is 0 Å². The standard InChI is InChI=1S/C19H15N5O2S/c1-24-11-20-23-19(24)27-14-8-6-13(7-9-14)21-18(26)16-10-12-4-2-3-5-15(12)17(25)22-16/h2-11H,1H3,(H,21,26)(H,22,25). The van der Waals surface area contributed by atoms with E-state index in [4.69, 9.17) is 0 Å². The van der Waals surface area contributed by atoms with Crippen molar-refractivity contribution in [2.24, 2.45) is 7.05 Å². The third kappa shape index (κ3) is 3.61. The van der Waals surface area contributed by atoms with Gasteiger partial charge in [-0.25, -0.2) is 0 Å².